The van der Waals surface area contributed by atoms with Crippen molar-refractivity contribution >= 4 is 51.7 Å². The predicted molar refractivity (Wildman–Crippen MR) is 119 cm³/mol. The molecule has 2 saturated heterocycles. The molecule has 2 aliphatic heterocycles. The maximum atomic E-state index is 12.2. The maximum absolute atomic E-state index is 12.2. The molecule has 160 valence electrons. The van der Waals surface area contributed by atoms with Gasteiger partial charge in [0.2, 0.25) is 0 Å². The molecule has 3 N–H and O–H groups in total. The standard InChI is InChI=1S/C21H17ClN8O2/c22-16-17(23)30-18(13(9-25-30)12-7-11-3-1-2-4-14(11)24-8-12)26-19(16)28-5-6-29-15(10-28)20(31)27-21(29)32/h1-4,7-9,15H,5-6,10,23H2,(H,27,31,32). The summed E-state index contributed by atoms with van der Waals surface area (Å²) >= 11 is 6.56. The van der Waals surface area contributed by atoms with E-state index in [0.717, 1.165) is 22.0 Å². The van der Waals surface area contributed by atoms with Crippen molar-refractivity contribution in [3.63, 3.8) is 0 Å². The number of imide groups is 1. The van der Waals surface area contributed by atoms with Gasteiger partial charge in [0, 0.05) is 42.3 Å². The van der Waals surface area contributed by atoms with Crippen LogP contribution in [0.3, 0.4) is 0 Å². The minimum absolute atomic E-state index is 0.251. The number of anilines is 2. The number of hydrogen-bond donors (Lipinski definition) is 2. The highest BCUT2D eigenvalue weighted by molar-refractivity contribution is 6.35. The molecule has 4 aromatic rings. The van der Waals surface area contributed by atoms with Crippen molar-refractivity contribution in [3.8, 4) is 11.1 Å². The Hall–Kier alpha value is -3.92. The number of fused-ring (bicyclic) bond motifs is 3. The second-order valence-electron chi connectivity index (χ2n) is 7.79. The molecule has 1 atom stereocenters. The second-order valence-corrected chi connectivity index (χ2v) is 8.17. The highest BCUT2D eigenvalue weighted by atomic mass is 35.5. The summed E-state index contributed by atoms with van der Waals surface area (Å²) in [5.74, 6) is 0.386. The first-order valence-electron chi connectivity index (χ1n) is 10.1. The number of nitrogens with zero attached hydrogens (tertiary/aromatic N) is 6. The number of carbonyl (C=O) groups excluding carboxylic acids is 2. The normalized spacial score (nSPS) is 18.5. The number of nitrogen functional groups attached to an aromatic ring is 1. The number of para-hydroxylation sites is 1. The minimum Gasteiger partial charge on any atom is -0.382 e. The van der Waals surface area contributed by atoms with E-state index in [0.29, 0.717) is 24.6 Å². The van der Waals surface area contributed by atoms with E-state index in [2.05, 4.69) is 15.4 Å². The highest BCUT2D eigenvalue weighted by Crippen LogP contribution is 2.35. The number of piperazine rings is 1. The average molecular weight is 449 g/mol. The van der Waals surface area contributed by atoms with E-state index in [1.165, 1.54) is 9.42 Å². The first kappa shape index (κ1) is 18.8. The van der Waals surface area contributed by atoms with Crippen molar-refractivity contribution in [2.75, 3.05) is 30.3 Å². The SMILES string of the molecule is Nc1c(Cl)c(N2CCN3C(=O)NC(=O)C3C2)nc2c(-c3cnc4ccccc4c3)cnn12. The summed E-state index contributed by atoms with van der Waals surface area (Å²) < 4.78 is 1.50. The Balaban J connectivity index is 1.45. The molecule has 0 saturated carbocycles. The van der Waals surface area contributed by atoms with Gasteiger partial charge in [0.1, 0.15) is 16.9 Å². The van der Waals surface area contributed by atoms with E-state index in [1.54, 1.807) is 12.4 Å². The van der Waals surface area contributed by atoms with Gasteiger partial charge in [-0.3, -0.25) is 15.1 Å². The third-order valence-electron chi connectivity index (χ3n) is 5.98. The van der Waals surface area contributed by atoms with Crippen molar-refractivity contribution in [1.29, 1.82) is 0 Å². The molecule has 10 nitrogen and oxygen atoms in total. The molecule has 0 bridgehead atoms. The third-order valence-corrected chi connectivity index (χ3v) is 6.34. The van der Waals surface area contributed by atoms with Crippen LogP contribution in [-0.4, -0.2) is 62.1 Å². The summed E-state index contributed by atoms with van der Waals surface area (Å²) in [5, 5.41) is 7.98. The number of amides is 3. The monoisotopic (exact) mass is 448 g/mol. The minimum atomic E-state index is -0.583. The van der Waals surface area contributed by atoms with Crippen molar-refractivity contribution in [1.82, 2.24) is 29.8 Å². The summed E-state index contributed by atoms with van der Waals surface area (Å²) in [7, 11) is 0. The number of halogens is 1. The Morgan fingerprint density at radius 3 is 2.88 bits per heavy atom. The van der Waals surface area contributed by atoms with Crippen LogP contribution in [0.2, 0.25) is 5.02 Å². The summed E-state index contributed by atoms with van der Waals surface area (Å²) in [5.41, 5.74) is 9.35. The molecule has 3 aromatic heterocycles. The van der Waals surface area contributed by atoms with Gasteiger partial charge in [0.05, 0.1) is 11.7 Å². The fourth-order valence-corrected chi connectivity index (χ4v) is 4.56. The zero-order valence-corrected chi connectivity index (χ0v) is 17.5. The molecular formula is C21H17ClN8O2. The van der Waals surface area contributed by atoms with Gasteiger partial charge in [0.15, 0.2) is 11.5 Å². The molecule has 32 heavy (non-hydrogen) atoms. The lowest BCUT2D eigenvalue weighted by Crippen LogP contribution is -2.53. The molecule has 5 heterocycles. The summed E-state index contributed by atoms with van der Waals surface area (Å²) in [4.78, 5) is 36.8. The van der Waals surface area contributed by atoms with E-state index in [-0.39, 0.29) is 29.3 Å². The van der Waals surface area contributed by atoms with E-state index in [1.807, 2.05) is 35.2 Å². The third kappa shape index (κ3) is 2.69. The fourth-order valence-electron chi connectivity index (χ4n) is 4.32. The number of rotatable bonds is 2. The Labute approximate surface area is 186 Å². The average Bonchev–Trinajstić information content (AvgIpc) is 3.36. The van der Waals surface area contributed by atoms with Crippen LogP contribution in [0.25, 0.3) is 27.7 Å². The van der Waals surface area contributed by atoms with Crippen LogP contribution >= 0.6 is 11.6 Å². The molecule has 1 unspecified atom stereocenters. The predicted octanol–water partition coefficient (Wildman–Crippen LogP) is 1.92. The lowest BCUT2D eigenvalue weighted by molar-refractivity contribution is -0.121. The van der Waals surface area contributed by atoms with Crippen LogP contribution in [0.1, 0.15) is 0 Å². The molecule has 0 spiro atoms. The van der Waals surface area contributed by atoms with Crippen LogP contribution in [0.4, 0.5) is 16.4 Å². The van der Waals surface area contributed by atoms with Gasteiger partial charge < -0.3 is 15.5 Å². The summed E-state index contributed by atoms with van der Waals surface area (Å²) in [6, 6.07) is 8.93. The molecule has 2 fully saturated rings. The largest absolute Gasteiger partial charge is 0.382 e. The van der Waals surface area contributed by atoms with E-state index >= 15 is 0 Å². The molecule has 0 aliphatic carbocycles. The van der Waals surface area contributed by atoms with Gasteiger partial charge in [-0.05, 0) is 12.1 Å². The van der Waals surface area contributed by atoms with Crippen molar-refractivity contribution in [3.05, 3.63) is 47.7 Å². The first-order chi connectivity index (χ1) is 15.5. The summed E-state index contributed by atoms with van der Waals surface area (Å²) in [6.45, 7) is 1.13. The zero-order valence-electron chi connectivity index (χ0n) is 16.7. The van der Waals surface area contributed by atoms with Gasteiger partial charge >= 0.3 is 6.03 Å². The number of benzene rings is 1. The van der Waals surface area contributed by atoms with Gasteiger partial charge in [-0.25, -0.2) is 9.78 Å². The lowest BCUT2D eigenvalue weighted by Gasteiger charge is -2.36. The maximum Gasteiger partial charge on any atom is 0.324 e. The smallest absolute Gasteiger partial charge is 0.324 e. The Kier molecular flexibility index (Phi) is 3.99. The second kappa shape index (κ2) is 6.79. The van der Waals surface area contributed by atoms with Crippen LogP contribution in [0.15, 0.2) is 42.7 Å². The van der Waals surface area contributed by atoms with Gasteiger partial charge in [-0.1, -0.05) is 29.8 Å². The van der Waals surface area contributed by atoms with Crippen LogP contribution in [0.5, 0.6) is 0 Å². The number of pyridine rings is 1. The number of nitrogens with two attached hydrogens (primary N) is 1. The molecule has 11 heteroatoms. The number of nitrogens with one attached hydrogen (secondary N) is 1. The van der Waals surface area contributed by atoms with E-state index in [9.17, 15) is 9.59 Å². The van der Waals surface area contributed by atoms with E-state index in [4.69, 9.17) is 22.3 Å². The van der Waals surface area contributed by atoms with Gasteiger partial charge in [-0.2, -0.15) is 9.61 Å². The molecule has 2 aliphatic rings. The topological polar surface area (TPSA) is 122 Å². The van der Waals surface area contributed by atoms with Crippen LogP contribution in [-0.2, 0) is 4.79 Å². The van der Waals surface area contributed by atoms with Crippen LogP contribution < -0.4 is 16.0 Å². The fraction of sp³-hybridized carbons (Fsp3) is 0.190. The van der Waals surface area contributed by atoms with Crippen LogP contribution in [0, 0.1) is 0 Å². The van der Waals surface area contributed by atoms with Gasteiger partial charge in [-0.15, -0.1) is 0 Å². The molecule has 6 rings (SSSR count). The number of carbonyl (C=O) groups is 2. The number of urea groups is 1. The zero-order chi connectivity index (χ0) is 22.0. The molecule has 1 aromatic carbocycles. The van der Waals surface area contributed by atoms with Crippen molar-refractivity contribution in [2.24, 2.45) is 0 Å². The Morgan fingerprint density at radius 1 is 1.16 bits per heavy atom. The molecule has 0 radical (unpaired) electrons. The van der Waals surface area contributed by atoms with E-state index < -0.39 is 6.04 Å². The Bertz CT molecular complexity index is 1430. The molecular weight excluding hydrogens is 432 g/mol. The van der Waals surface area contributed by atoms with Gasteiger partial charge in [0.25, 0.3) is 5.91 Å². The molecule has 3 amide bonds. The quantitative estimate of drug-likeness (QED) is 0.449. The lowest BCUT2D eigenvalue weighted by atomic mass is 10.1. The van der Waals surface area contributed by atoms with Crippen molar-refractivity contribution in [2.45, 2.75) is 6.04 Å². The Morgan fingerprint density at radius 2 is 2.00 bits per heavy atom. The summed E-state index contributed by atoms with van der Waals surface area (Å²) in [6.07, 6.45) is 3.46. The number of hydrogen-bond acceptors (Lipinski definition) is 7. The first-order valence-corrected chi connectivity index (χ1v) is 10.4. The number of aromatic nitrogens is 4. The highest BCUT2D eigenvalue weighted by Gasteiger charge is 2.42. The van der Waals surface area contributed by atoms with Crippen molar-refractivity contribution < 1.29 is 9.59 Å².